The van der Waals surface area contributed by atoms with E-state index in [-0.39, 0.29) is 6.61 Å². The number of rotatable bonds is 11. The molecule has 0 aromatic rings. The largest absolute Gasteiger partial charge is 0.465 e. The molecule has 0 aliphatic carbocycles. The molecule has 0 unspecified atom stereocenters. The Bertz CT molecular complexity index is 322. The lowest BCUT2D eigenvalue weighted by Gasteiger charge is -2.06. The van der Waals surface area contributed by atoms with Crippen LogP contribution in [0.5, 0.6) is 0 Å². The van der Waals surface area contributed by atoms with Crippen LogP contribution in [0.25, 0.3) is 0 Å². The van der Waals surface area contributed by atoms with Crippen LogP contribution >= 0.6 is 7.60 Å². The van der Waals surface area contributed by atoms with E-state index in [1.54, 1.807) is 0 Å². The van der Waals surface area contributed by atoms with Gasteiger partial charge in [0.1, 0.15) is 6.16 Å². The van der Waals surface area contributed by atoms with Crippen LogP contribution in [0.2, 0.25) is 0 Å². The standard InChI is InChI=1S/C12H23O6P/c1-11(2)9-17-7-5-3-4-6-8-18-12(13)10-19(14,15)16/h1,3-10H2,2H3,(H2,14,15,16). The molecule has 0 heterocycles. The SMILES string of the molecule is C=C(C)COCCCCCCOC(=O)CP(=O)(O)O. The zero-order valence-corrected chi connectivity index (χ0v) is 12.2. The lowest BCUT2D eigenvalue weighted by molar-refractivity contribution is -0.140. The van der Waals surface area contributed by atoms with Crippen molar-refractivity contribution in [3.8, 4) is 0 Å². The third-order valence-corrected chi connectivity index (χ3v) is 2.80. The van der Waals surface area contributed by atoms with Crippen molar-refractivity contribution in [3.63, 3.8) is 0 Å². The smallest absolute Gasteiger partial charge is 0.336 e. The zero-order valence-electron chi connectivity index (χ0n) is 11.3. The molecular weight excluding hydrogens is 271 g/mol. The van der Waals surface area contributed by atoms with Gasteiger partial charge in [-0.3, -0.25) is 9.36 Å². The third-order valence-electron chi connectivity index (χ3n) is 2.13. The Kier molecular flexibility index (Phi) is 9.79. The highest BCUT2D eigenvalue weighted by Gasteiger charge is 2.19. The van der Waals surface area contributed by atoms with Crippen LogP contribution in [0.1, 0.15) is 32.6 Å². The average molecular weight is 294 g/mol. The summed E-state index contributed by atoms with van der Waals surface area (Å²) in [7, 11) is -4.30. The fourth-order valence-corrected chi connectivity index (χ4v) is 1.73. The molecule has 0 atom stereocenters. The molecule has 2 N–H and O–H groups in total. The van der Waals surface area contributed by atoms with Crippen LogP contribution in [-0.4, -0.2) is 41.7 Å². The van der Waals surface area contributed by atoms with Crippen molar-refractivity contribution in [1.29, 1.82) is 0 Å². The molecule has 0 spiro atoms. The van der Waals surface area contributed by atoms with E-state index in [1.165, 1.54) is 0 Å². The van der Waals surface area contributed by atoms with Gasteiger partial charge in [0.25, 0.3) is 0 Å². The van der Waals surface area contributed by atoms with Crippen molar-refractivity contribution in [2.75, 3.05) is 26.0 Å². The molecule has 0 aliphatic rings. The van der Waals surface area contributed by atoms with Crippen LogP contribution in [-0.2, 0) is 18.8 Å². The Balaban J connectivity index is 3.29. The summed E-state index contributed by atoms with van der Waals surface area (Å²) in [6, 6.07) is 0. The molecule has 0 radical (unpaired) electrons. The van der Waals surface area contributed by atoms with Gasteiger partial charge >= 0.3 is 13.6 Å². The van der Waals surface area contributed by atoms with E-state index in [9.17, 15) is 9.36 Å². The Morgan fingerprint density at radius 3 is 2.26 bits per heavy atom. The number of carbonyl (C=O) groups excluding carboxylic acids is 1. The molecule has 0 fully saturated rings. The quantitative estimate of drug-likeness (QED) is 0.261. The summed E-state index contributed by atoms with van der Waals surface area (Å²) in [5.74, 6) is -0.849. The topological polar surface area (TPSA) is 93.1 Å². The van der Waals surface area contributed by atoms with Crippen LogP contribution < -0.4 is 0 Å². The second-order valence-electron chi connectivity index (χ2n) is 4.47. The molecule has 0 saturated carbocycles. The van der Waals surface area contributed by atoms with Crippen molar-refractivity contribution >= 4 is 13.6 Å². The first-order valence-electron chi connectivity index (χ1n) is 6.23. The van der Waals surface area contributed by atoms with E-state index in [0.29, 0.717) is 19.6 Å². The van der Waals surface area contributed by atoms with Gasteiger partial charge < -0.3 is 19.3 Å². The van der Waals surface area contributed by atoms with E-state index in [0.717, 1.165) is 24.8 Å². The molecule has 7 heteroatoms. The first kappa shape index (κ1) is 18.3. The minimum absolute atomic E-state index is 0.200. The monoisotopic (exact) mass is 294 g/mol. The van der Waals surface area contributed by atoms with E-state index in [1.807, 2.05) is 6.92 Å². The summed E-state index contributed by atoms with van der Waals surface area (Å²) < 4.78 is 20.5. The lowest BCUT2D eigenvalue weighted by Crippen LogP contribution is -2.11. The summed E-state index contributed by atoms with van der Waals surface area (Å²) >= 11 is 0. The molecular formula is C12H23O6P. The Hall–Kier alpha value is -0.680. The fraction of sp³-hybridized carbons (Fsp3) is 0.750. The van der Waals surface area contributed by atoms with Gasteiger partial charge in [-0.05, 0) is 26.2 Å². The van der Waals surface area contributed by atoms with E-state index in [4.69, 9.17) is 19.3 Å². The van der Waals surface area contributed by atoms with Crippen LogP contribution in [0.4, 0.5) is 0 Å². The van der Waals surface area contributed by atoms with Gasteiger partial charge in [0.05, 0.1) is 13.2 Å². The van der Waals surface area contributed by atoms with Crippen molar-refractivity contribution in [2.45, 2.75) is 32.6 Å². The minimum Gasteiger partial charge on any atom is -0.465 e. The summed E-state index contributed by atoms with van der Waals surface area (Å²) in [6.07, 6.45) is 2.63. The molecule has 0 amide bonds. The number of esters is 1. The molecule has 19 heavy (non-hydrogen) atoms. The van der Waals surface area contributed by atoms with Gasteiger partial charge in [0.2, 0.25) is 0 Å². The first-order chi connectivity index (χ1) is 8.81. The van der Waals surface area contributed by atoms with E-state index in [2.05, 4.69) is 6.58 Å². The Morgan fingerprint density at radius 1 is 1.16 bits per heavy atom. The predicted molar refractivity (Wildman–Crippen MR) is 72.0 cm³/mol. The minimum atomic E-state index is -4.30. The van der Waals surface area contributed by atoms with Crippen molar-refractivity contribution in [2.24, 2.45) is 0 Å². The van der Waals surface area contributed by atoms with Crippen molar-refractivity contribution in [1.82, 2.24) is 0 Å². The first-order valence-corrected chi connectivity index (χ1v) is 8.03. The molecule has 0 aromatic heterocycles. The predicted octanol–water partition coefficient (Wildman–Crippen LogP) is 1.86. The van der Waals surface area contributed by atoms with Gasteiger partial charge in [0.15, 0.2) is 0 Å². The average Bonchev–Trinajstić information content (AvgIpc) is 2.24. The van der Waals surface area contributed by atoms with Gasteiger partial charge in [-0.1, -0.05) is 18.6 Å². The van der Waals surface area contributed by atoms with Gasteiger partial charge in [-0.15, -0.1) is 0 Å². The number of hydrogen-bond donors (Lipinski definition) is 2. The van der Waals surface area contributed by atoms with Crippen LogP contribution in [0.3, 0.4) is 0 Å². The number of hydrogen-bond acceptors (Lipinski definition) is 4. The van der Waals surface area contributed by atoms with Gasteiger partial charge in [-0.25, -0.2) is 0 Å². The maximum Gasteiger partial charge on any atom is 0.336 e. The van der Waals surface area contributed by atoms with Crippen LogP contribution in [0, 0.1) is 0 Å². The highest BCUT2D eigenvalue weighted by atomic mass is 31.2. The maximum atomic E-state index is 11.0. The number of carbonyl (C=O) groups is 1. The maximum absolute atomic E-state index is 11.0. The molecule has 6 nitrogen and oxygen atoms in total. The molecule has 112 valence electrons. The van der Waals surface area contributed by atoms with E-state index >= 15 is 0 Å². The molecule has 0 bridgehead atoms. The summed E-state index contributed by atoms with van der Waals surface area (Å²) in [6.45, 7) is 7.10. The van der Waals surface area contributed by atoms with Crippen LogP contribution in [0.15, 0.2) is 12.2 Å². The summed E-state index contributed by atoms with van der Waals surface area (Å²) in [5, 5.41) is 0. The fourth-order valence-electron chi connectivity index (χ4n) is 1.31. The number of unbranched alkanes of at least 4 members (excludes halogenated alkanes) is 3. The van der Waals surface area contributed by atoms with Crippen molar-refractivity contribution < 1.29 is 28.6 Å². The highest BCUT2D eigenvalue weighted by molar-refractivity contribution is 7.52. The normalized spacial score (nSPS) is 11.3. The second kappa shape index (κ2) is 10.1. The molecule has 0 rings (SSSR count). The Morgan fingerprint density at radius 2 is 1.74 bits per heavy atom. The second-order valence-corrected chi connectivity index (χ2v) is 6.11. The molecule has 0 aliphatic heterocycles. The third kappa shape index (κ3) is 15.3. The molecule has 0 aromatic carbocycles. The van der Waals surface area contributed by atoms with Crippen molar-refractivity contribution in [3.05, 3.63) is 12.2 Å². The zero-order chi connectivity index (χ0) is 14.7. The summed E-state index contributed by atoms with van der Waals surface area (Å²) in [4.78, 5) is 28.0. The number of ether oxygens (including phenoxy) is 2. The highest BCUT2D eigenvalue weighted by Crippen LogP contribution is 2.33. The lowest BCUT2D eigenvalue weighted by atomic mass is 10.2. The van der Waals surface area contributed by atoms with E-state index < -0.39 is 19.7 Å². The molecule has 0 saturated heterocycles. The Labute approximate surface area is 114 Å². The summed E-state index contributed by atoms with van der Waals surface area (Å²) in [5.41, 5.74) is 0.997. The van der Waals surface area contributed by atoms with Gasteiger partial charge in [-0.2, -0.15) is 0 Å². The van der Waals surface area contributed by atoms with Gasteiger partial charge in [0, 0.05) is 6.61 Å².